The summed E-state index contributed by atoms with van der Waals surface area (Å²) < 4.78 is 0. The molecule has 114 valence electrons. The number of nitrogens with zero attached hydrogens (tertiary/aromatic N) is 1. The van der Waals surface area contributed by atoms with Gasteiger partial charge in [-0.1, -0.05) is 19.3 Å². The lowest BCUT2D eigenvalue weighted by molar-refractivity contribution is 0.101. The van der Waals surface area contributed by atoms with Crippen LogP contribution in [0.25, 0.3) is 11.0 Å². The van der Waals surface area contributed by atoms with Gasteiger partial charge in [-0.05, 0) is 44.7 Å². The molecule has 0 aromatic carbocycles. The molecule has 1 aliphatic rings. The molecule has 2 aromatic rings. The van der Waals surface area contributed by atoms with E-state index < -0.39 is 0 Å². The molecule has 1 aliphatic carbocycles. The Morgan fingerprint density at radius 1 is 1.33 bits per heavy atom. The van der Waals surface area contributed by atoms with E-state index in [-0.39, 0.29) is 5.78 Å². The molecule has 1 atom stereocenters. The quantitative estimate of drug-likeness (QED) is 0.828. The highest BCUT2D eigenvalue weighted by atomic mass is 16.1. The van der Waals surface area contributed by atoms with Crippen LogP contribution in [0.15, 0.2) is 24.5 Å². The Morgan fingerprint density at radius 2 is 2.05 bits per heavy atom. The van der Waals surface area contributed by atoms with Gasteiger partial charge in [-0.15, -0.1) is 0 Å². The molecule has 2 heterocycles. The molecule has 1 saturated carbocycles. The lowest BCUT2D eigenvalue weighted by atomic mass is 9.85. The van der Waals surface area contributed by atoms with Crippen molar-refractivity contribution in [3.8, 4) is 0 Å². The normalized spacial score (nSPS) is 17.1. The summed E-state index contributed by atoms with van der Waals surface area (Å²) in [5.74, 6) is 0.903. The molecule has 0 aliphatic heterocycles. The van der Waals surface area contributed by atoms with Gasteiger partial charge >= 0.3 is 0 Å². The van der Waals surface area contributed by atoms with Crippen molar-refractivity contribution in [1.82, 2.24) is 9.97 Å². The summed E-state index contributed by atoms with van der Waals surface area (Å²) in [4.78, 5) is 18.1. The van der Waals surface area contributed by atoms with E-state index in [1.165, 1.54) is 32.1 Å². The Hall–Kier alpha value is -1.68. The number of Topliss-reactive ketones (excluding diaryl/α,β-unsaturated/α-hetero) is 1. The maximum atomic E-state index is 11.1. The molecule has 1 unspecified atom stereocenters. The van der Waals surface area contributed by atoms with Crippen LogP contribution in [0.4, 0.5) is 0 Å². The number of nitrogens with two attached hydrogens (primary N) is 1. The van der Waals surface area contributed by atoms with E-state index >= 15 is 0 Å². The van der Waals surface area contributed by atoms with Gasteiger partial charge in [0.05, 0.1) is 0 Å². The smallest absolute Gasteiger partial charge is 0.160 e. The minimum Gasteiger partial charge on any atom is -0.346 e. The molecule has 0 radical (unpaired) electrons. The molecule has 1 fully saturated rings. The first-order valence-electron chi connectivity index (χ1n) is 7.78. The number of nitrogens with one attached hydrogen (secondary N) is 1. The summed E-state index contributed by atoms with van der Waals surface area (Å²) in [6.45, 7) is 3.69. The minimum absolute atomic E-state index is 0.0713. The zero-order valence-electron chi connectivity index (χ0n) is 12.9. The summed E-state index contributed by atoms with van der Waals surface area (Å²) in [6, 6.07) is 4.03. The third-order valence-corrected chi connectivity index (χ3v) is 4.23. The van der Waals surface area contributed by atoms with Crippen LogP contribution in [-0.4, -0.2) is 21.8 Å². The van der Waals surface area contributed by atoms with Gasteiger partial charge in [0, 0.05) is 29.4 Å². The van der Waals surface area contributed by atoms with Gasteiger partial charge < -0.3 is 10.7 Å². The third kappa shape index (κ3) is 4.14. The highest BCUT2D eigenvalue weighted by Crippen LogP contribution is 2.25. The number of hydrogen-bond acceptors (Lipinski definition) is 3. The first-order valence-corrected chi connectivity index (χ1v) is 7.78. The van der Waals surface area contributed by atoms with Gasteiger partial charge in [-0.3, -0.25) is 4.79 Å². The molecule has 2 aromatic heterocycles. The number of carbonyl (C=O) groups is 1. The Kier molecular flexibility index (Phi) is 5.51. The molecule has 0 amide bonds. The van der Waals surface area contributed by atoms with Crippen LogP contribution < -0.4 is 5.73 Å². The first kappa shape index (κ1) is 15.7. The number of H-pyrrole nitrogens is 1. The topological polar surface area (TPSA) is 71.8 Å². The number of ketones is 1. The predicted octanol–water partition coefficient (Wildman–Crippen LogP) is 3.68. The van der Waals surface area contributed by atoms with Crippen LogP contribution in [0.3, 0.4) is 0 Å². The monoisotopic (exact) mass is 287 g/mol. The molecule has 0 bridgehead atoms. The van der Waals surface area contributed by atoms with Gasteiger partial charge in [-0.2, -0.15) is 0 Å². The van der Waals surface area contributed by atoms with Crippen molar-refractivity contribution >= 4 is 16.8 Å². The summed E-state index contributed by atoms with van der Waals surface area (Å²) in [6.07, 6.45) is 10.4. The second-order valence-electron chi connectivity index (χ2n) is 5.91. The summed E-state index contributed by atoms with van der Waals surface area (Å²) in [5.41, 5.74) is 7.26. The maximum Gasteiger partial charge on any atom is 0.160 e. The fourth-order valence-electron chi connectivity index (χ4n) is 2.93. The van der Waals surface area contributed by atoms with Crippen molar-refractivity contribution in [2.24, 2.45) is 11.7 Å². The average molecular weight is 287 g/mol. The number of fused-ring (bicyclic) bond motifs is 1. The van der Waals surface area contributed by atoms with Crippen LogP contribution in [0.5, 0.6) is 0 Å². The Morgan fingerprint density at radius 3 is 2.62 bits per heavy atom. The predicted molar refractivity (Wildman–Crippen MR) is 86.3 cm³/mol. The van der Waals surface area contributed by atoms with Crippen molar-refractivity contribution in [2.75, 3.05) is 0 Å². The van der Waals surface area contributed by atoms with Crippen molar-refractivity contribution in [3.05, 3.63) is 30.1 Å². The van der Waals surface area contributed by atoms with E-state index in [1.807, 2.05) is 6.07 Å². The fraction of sp³-hybridized carbons (Fsp3) is 0.529. The van der Waals surface area contributed by atoms with E-state index in [2.05, 4.69) is 16.9 Å². The van der Waals surface area contributed by atoms with Crippen molar-refractivity contribution in [2.45, 2.75) is 52.0 Å². The summed E-state index contributed by atoms with van der Waals surface area (Å²) >= 11 is 0. The Labute approximate surface area is 126 Å². The lowest BCUT2D eigenvalue weighted by Crippen LogP contribution is -2.27. The summed E-state index contributed by atoms with van der Waals surface area (Å²) in [5, 5.41) is 0.894. The highest BCUT2D eigenvalue weighted by molar-refractivity contribution is 6.05. The zero-order valence-corrected chi connectivity index (χ0v) is 12.9. The fourth-order valence-corrected chi connectivity index (χ4v) is 2.93. The molecule has 4 heteroatoms. The third-order valence-electron chi connectivity index (χ3n) is 4.23. The maximum absolute atomic E-state index is 11.1. The SMILES string of the molecule is CC(=O)c1ccnc2[nH]ccc12.CC(N)C1CCCCC1. The van der Waals surface area contributed by atoms with Crippen molar-refractivity contribution in [1.29, 1.82) is 0 Å². The standard InChI is InChI=1S/C9H8N2O.C8H17N/c1-6(12)7-2-4-10-9-8(7)3-5-11-9;1-7(9)8-5-3-2-4-6-8/h2-5H,1H3,(H,10,11);7-8H,2-6,9H2,1H3. The zero-order chi connectivity index (χ0) is 15.2. The second kappa shape index (κ2) is 7.36. The van der Waals surface area contributed by atoms with Gasteiger partial charge in [0.2, 0.25) is 0 Å². The molecular formula is C17H25N3O. The molecule has 0 saturated heterocycles. The van der Waals surface area contributed by atoms with E-state index in [9.17, 15) is 4.79 Å². The first-order chi connectivity index (χ1) is 10.1. The van der Waals surface area contributed by atoms with Crippen molar-refractivity contribution < 1.29 is 4.79 Å². The molecular weight excluding hydrogens is 262 g/mol. The van der Waals surface area contributed by atoms with Crippen LogP contribution in [0, 0.1) is 5.92 Å². The van der Waals surface area contributed by atoms with Crippen LogP contribution in [0.1, 0.15) is 56.3 Å². The Bertz CT molecular complexity index is 582. The highest BCUT2D eigenvalue weighted by Gasteiger charge is 2.16. The van der Waals surface area contributed by atoms with E-state index in [0.717, 1.165) is 22.5 Å². The average Bonchev–Trinajstić information content (AvgIpc) is 2.97. The number of hydrogen-bond donors (Lipinski definition) is 2. The molecule has 21 heavy (non-hydrogen) atoms. The van der Waals surface area contributed by atoms with Crippen LogP contribution in [-0.2, 0) is 0 Å². The van der Waals surface area contributed by atoms with Gasteiger partial charge in [0.1, 0.15) is 5.65 Å². The molecule has 3 rings (SSSR count). The molecule has 4 nitrogen and oxygen atoms in total. The number of aromatic amines is 1. The van der Waals surface area contributed by atoms with Gasteiger partial charge in [0.25, 0.3) is 0 Å². The van der Waals surface area contributed by atoms with Crippen molar-refractivity contribution in [3.63, 3.8) is 0 Å². The number of carbonyl (C=O) groups excluding carboxylic acids is 1. The Balaban J connectivity index is 0.000000161. The summed E-state index contributed by atoms with van der Waals surface area (Å²) in [7, 11) is 0. The number of aromatic nitrogens is 2. The van der Waals surface area contributed by atoms with Crippen LogP contribution in [0.2, 0.25) is 0 Å². The van der Waals surface area contributed by atoms with E-state index in [0.29, 0.717) is 6.04 Å². The number of rotatable bonds is 2. The van der Waals surface area contributed by atoms with Gasteiger partial charge in [-0.25, -0.2) is 4.98 Å². The lowest BCUT2D eigenvalue weighted by Gasteiger charge is -2.24. The van der Waals surface area contributed by atoms with E-state index in [1.54, 1.807) is 25.4 Å². The molecule has 0 spiro atoms. The second-order valence-corrected chi connectivity index (χ2v) is 5.91. The largest absolute Gasteiger partial charge is 0.346 e. The number of pyridine rings is 1. The van der Waals surface area contributed by atoms with E-state index in [4.69, 9.17) is 5.73 Å². The molecule has 3 N–H and O–H groups in total. The minimum atomic E-state index is 0.0713. The van der Waals surface area contributed by atoms with Crippen LogP contribution >= 0.6 is 0 Å². The van der Waals surface area contributed by atoms with Gasteiger partial charge in [0.15, 0.2) is 5.78 Å².